The summed E-state index contributed by atoms with van der Waals surface area (Å²) in [6.45, 7) is -0.0868. The summed E-state index contributed by atoms with van der Waals surface area (Å²) in [5.74, 6) is -0.815. The number of aryl methyl sites for hydroxylation is 2. The van der Waals surface area contributed by atoms with Crippen molar-refractivity contribution in [2.75, 3.05) is 13.2 Å². The van der Waals surface area contributed by atoms with Crippen LogP contribution in [0, 0.1) is 0 Å². The molecule has 1 heterocycles. The van der Waals surface area contributed by atoms with Crippen molar-refractivity contribution in [3.8, 4) is 28.2 Å². The minimum absolute atomic E-state index is 0.00145. The molecule has 170 valence electrons. The molecular formula is C26H24O7. The third-order valence-electron chi connectivity index (χ3n) is 5.74. The molecule has 33 heavy (non-hydrogen) atoms. The van der Waals surface area contributed by atoms with Crippen LogP contribution in [0.2, 0.25) is 0 Å². The van der Waals surface area contributed by atoms with Gasteiger partial charge in [-0.05, 0) is 55.0 Å². The van der Waals surface area contributed by atoms with E-state index in [9.17, 15) is 30.0 Å². The summed E-state index contributed by atoms with van der Waals surface area (Å²) < 4.78 is 5.98. The molecule has 0 saturated carbocycles. The Labute approximate surface area is 189 Å². The molecule has 0 radical (unpaired) electrons. The molecule has 0 fully saturated rings. The van der Waals surface area contributed by atoms with Gasteiger partial charge in [-0.25, -0.2) is 4.79 Å². The lowest BCUT2D eigenvalue weighted by molar-refractivity contribution is 0.0697. The van der Waals surface area contributed by atoms with E-state index >= 15 is 0 Å². The predicted octanol–water partition coefficient (Wildman–Crippen LogP) is 3.82. The molecule has 4 N–H and O–H groups in total. The van der Waals surface area contributed by atoms with Crippen molar-refractivity contribution < 1.29 is 29.6 Å². The maximum Gasteiger partial charge on any atom is 0.336 e. The molecule has 7 heteroatoms. The lowest BCUT2D eigenvalue weighted by atomic mass is 9.88. The van der Waals surface area contributed by atoms with Crippen molar-refractivity contribution in [3.05, 3.63) is 75.4 Å². The number of hydrogen-bond acceptors (Lipinski definition) is 6. The Kier molecular flexibility index (Phi) is 6.44. The molecule has 0 saturated heterocycles. The number of phenols is 1. The van der Waals surface area contributed by atoms with Crippen LogP contribution in [0.3, 0.4) is 0 Å². The summed E-state index contributed by atoms with van der Waals surface area (Å²) in [7, 11) is 0. The van der Waals surface area contributed by atoms with Crippen LogP contribution < -0.4 is 5.43 Å². The molecule has 4 rings (SSSR count). The van der Waals surface area contributed by atoms with Gasteiger partial charge in [-0.2, -0.15) is 0 Å². The van der Waals surface area contributed by atoms with E-state index in [0.717, 1.165) is 0 Å². The van der Waals surface area contributed by atoms with Gasteiger partial charge in [0.05, 0.1) is 5.56 Å². The van der Waals surface area contributed by atoms with Gasteiger partial charge in [-0.1, -0.05) is 18.2 Å². The summed E-state index contributed by atoms with van der Waals surface area (Å²) in [4.78, 5) is 24.7. The summed E-state index contributed by atoms with van der Waals surface area (Å²) in [5.41, 5.74) is 2.88. The maximum atomic E-state index is 12.6. The zero-order valence-corrected chi connectivity index (χ0v) is 17.9. The second kappa shape index (κ2) is 9.44. The highest BCUT2D eigenvalue weighted by atomic mass is 16.4. The normalized spacial score (nSPS) is 11.3. The molecule has 0 amide bonds. The number of rotatable bonds is 8. The Hall–Kier alpha value is -3.68. The van der Waals surface area contributed by atoms with Crippen molar-refractivity contribution in [2.45, 2.75) is 25.7 Å². The van der Waals surface area contributed by atoms with Gasteiger partial charge in [-0.15, -0.1) is 0 Å². The van der Waals surface area contributed by atoms with Gasteiger partial charge in [0.2, 0.25) is 0 Å². The molecule has 0 atom stereocenters. The minimum Gasteiger partial charge on any atom is -0.508 e. The predicted molar refractivity (Wildman–Crippen MR) is 124 cm³/mol. The molecule has 0 spiro atoms. The van der Waals surface area contributed by atoms with Gasteiger partial charge in [0.1, 0.15) is 17.1 Å². The number of aromatic carboxylic acids is 1. The summed E-state index contributed by atoms with van der Waals surface area (Å²) in [6, 6.07) is 12.9. The van der Waals surface area contributed by atoms with Crippen molar-refractivity contribution in [1.82, 2.24) is 0 Å². The molecular weight excluding hydrogens is 424 g/mol. The van der Waals surface area contributed by atoms with E-state index in [2.05, 4.69) is 0 Å². The molecule has 0 aromatic heterocycles. The molecule has 0 unspecified atom stereocenters. The smallest absolute Gasteiger partial charge is 0.336 e. The van der Waals surface area contributed by atoms with Gasteiger partial charge in [0, 0.05) is 47.4 Å². The number of aliphatic hydroxyl groups excluding tert-OH is 2. The van der Waals surface area contributed by atoms with Gasteiger partial charge < -0.3 is 24.8 Å². The molecule has 2 aromatic carbocycles. The standard InChI is InChI=1S/C26H24O7/c27-9-3-5-15-11-19-23(13-21(15)29)33-24-14-22(30)16(6-4-10-28)12-20(24)25(19)17-7-1-2-8-18(17)26(31)32/h1-2,7-8,11-14,27-29H,3-6,9-10H2,(H,31,32). The maximum absolute atomic E-state index is 12.6. The van der Waals surface area contributed by atoms with Crippen LogP contribution in [0.1, 0.15) is 34.3 Å². The number of aromatic hydroxyl groups is 1. The van der Waals surface area contributed by atoms with Crippen molar-refractivity contribution in [2.24, 2.45) is 0 Å². The Balaban J connectivity index is 2.12. The quantitative estimate of drug-likeness (QED) is 0.302. The number of carbonyl (C=O) groups is 1. The Morgan fingerprint density at radius 2 is 1.58 bits per heavy atom. The highest BCUT2D eigenvalue weighted by Gasteiger charge is 2.23. The molecule has 2 aromatic rings. The Morgan fingerprint density at radius 1 is 0.879 bits per heavy atom. The molecule has 1 aliphatic heterocycles. The number of fused-ring (bicyclic) bond motifs is 2. The second-order valence-corrected chi connectivity index (χ2v) is 7.92. The lowest BCUT2D eigenvalue weighted by Gasteiger charge is -2.18. The van der Waals surface area contributed by atoms with Gasteiger partial charge >= 0.3 is 5.97 Å². The number of carboxylic acids is 1. The second-order valence-electron chi connectivity index (χ2n) is 7.92. The van der Waals surface area contributed by atoms with E-state index in [0.29, 0.717) is 64.5 Å². The third-order valence-corrected chi connectivity index (χ3v) is 5.74. The highest BCUT2D eigenvalue weighted by molar-refractivity contribution is 6.07. The van der Waals surface area contributed by atoms with Gasteiger partial charge in [0.25, 0.3) is 0 Å². The fraction of sp³-hybridized carbons (Fsp3) is 0.231. The Bertz CT molecular complexity index is 1350. The Morgan fingerprint density at radius 3 is 2.27 bits per heavy atom. The van der Waals surface area contributed by atoms with Crippen LogP contribution in [0.4, 0.5) is 0 Å². The monoisotopic (exact) mass is 448 g/mol. The number of phenolic OH excluding ortho intramolecular Hbond substituents is 1. The third kappa shape index (κ3) is 4.33. The fourth-order valence-electron chi connectivity index (χ4n) is 4.16. The lowest BCUT2D eigenvalue weighted by Crippen LogP contribution is -2.10. The molecule has 2 aliphatic rings. The number of carboxylic acid groups (broad SMARTS) is 1. The molecule has 1 aliphatic carbocycles. The van der Waals surface area contributed by atoms with E-state index in [-0.39, 0.29) is 35.7 Å². The van der Waals surface area contributed by atoms with Crippen LogP contribution in [-0.4, -0.2) is 39.6 Å². The van der Waals surface area contributed by atoms with Crippen LogP contribution in [0.15, 0.2) is 57.7 Å². The van der Waals surface area contributed by atoms with Crippen LogP contribution >= 0.6 is 0 Å². The van der Waals surface area contributed by atoms with Crippen LogP contribution in [-0.2, 0) is 12.8 Å². The van der Waals surface area contributed by atoms with E-state index < -0.39 is 5.97 Å². The summed E-state index contributed by atoms with van der Waals surface area (Å²) >= 11 is 0. The first-order chi connectivity index (χ1) is 15.9. The first kappa shape index (κ1) is 22.5. The van der Waals surface area contributed by atoms with Crippen LogP contribution in [0.25, 0.3) is 33.4 Å². The number of benzene rings is 3. The topological polar surface area (TPSA) is 128 Å². The molecule has 0 bridgehead atoms. The van der Waals surface area contributed by atoms with Crippen molar-refractivity contribution in [3.63, 3.8) is 0 Å². The van der Waals surface area contributed by atoms with E-state index in [1.165, 1.54) is 18.2 Å². The first-order valence-corrected chi connectivity index (χ1v) is 10.7. The van der Waals surface area contributed by atoms with Gasteiger partial charge in [-0.3, -0.25) is 4.79 Å². The van der Waals surface area contributed by atoms with E-state index in [1.54, 1.807) is 30.3 Å². The van der Waals surface area contributed by atoms with E-state index in [4.69, 9.17) is 4.42 Å². The summed E-state index contributed by atoms with van der Waals surface area (Å²) in [5, 5.41) is 39.3. The van der Waals surface area contributed by atoms with Gasteiger partial charge in [0.15, 0.2) is 5.43 Å². The van der Waals surface area contributed by atoms with Crippen molar-refractivity contribution in [1.29, 1.82) is 0 Å². The highest BCUT2D eigenvalue weighted by Crippen LogP contribution is 2.43. The average Bonchev–Trinajstić information content (AvgIpc) is 2.80. The average molecular weight is 448 g/mol. The summed E-state index contributed by atoms with van der Waals surface area (Å²) in [6.07, 6.45) is 1.68. The zero-order chi connectivity index (χ0) is 23.5. The fourth-order valence-corrected chi connectivity index (χ4v) is 4.16. The SMILES string of the molecule is O=C(O)c1ccccc1-c1c2cc(CCCO)c(=O)cc-2oc2cc(O)c(CCCO)cc12. The number of hydrogen-bond donors (Lipinski definition) is 4. The number of aliphatic hydroxyl groups is 2. The van der Waals surface area contributed by atoms with Crippen molar-refractivity contribution >= 4 is 16.9 Å². The first-order valence-electron chi connectivity index (χ1n) is 10.7. The van der Waals surface area contributed by atoms with Crippen LogP contribution in [0.5, 0.6) is 5.75 Å². The minimum atomic E-state index is -1.09. The zero-order valence-electron chi connectivity index (χ0n) is 17.9. The van der Waals surface area contributed by atoms with E-state index in [1.807, 2.05) is 0 Å². The largest absolute Gasteiger partial charge is 0.508 e. The molecule has 7 nitrogen and oxygen atoms in total.